The fourth-order valence-corrected chi connectivity index (χ4v) is 2.02. The second-order valence-corrected chi connectivity index (χ2v) is 5.16. The summed E-state index contributed by atoms with van der Waals surface area (Å²) in [7, 11) is 0. The molecule has 4 heteroatoms. The van der Waals surface area contributed by atoms with Crippen molar-refractivity contribution in [2.75, 3.05) is 5.88 Å². The number of rotatable bonds is 3. The van der Waals surface area contributed by atoms with Gasteiger partial charge in [-0.3, -0.25) is 0 Å². The molecule has 0 aromatic heterocycles. The molecule has 108 valence electrons. The second kappa shape index (κ2) is 7.36. The van der Waals surface area contributed by atoms with Gasteiger partial charge in [0, 0.05) is 10.6 Å². The zero-order valence-corrected chi connectivity index (χ0v) is 12.9. The summed E-state index contributed by atoms with van der Waals surface area (Å²) in [6.45, 7) is 2.08. The molecule has 2 rings (SSSR count). The summed E-state index contributed by atoms with van der Waals surface area (Å²) in [5.74, 6) is 6.20. The minimum Gasteiger partial charge on any atom is -0.487 e. The van der Waals surface area contributed by atoms with Gasteiger partial charge in [0.15, 0.2) is 0 Å². The van der Waals surface area contributed by atoms with Gasteiger partial charge in [0.1, 0.15) is 18.2 Å². The van der Waals surface area contributed by atoms with E-state index in [0.29, 0.717) is 16.3 Å². The summed E-state index contributed by atoms with van der Waals surface area (Å²) in [6.07, 6.45) is 0. The molecule has 0 atom stereocenters. The van der Waals surface area contributed by atoms with Gasteiger partial charge in [-0.2, -0.15) is 0 Å². The molecule has 0 amide bonds. The zero-order valence-electron chi connectivity index (χ0n) is 11.4. The van der Waals surface area contributed by atoms with Crippen LogP contribution >= 0.6 is 23.2 Å². The van der Waals surface area contributed by atoms with Crippen molar-refractivity contribution in [1.82, 2.24) is 0 Å². The molecule has 0 aliphatic rings. The lowest BCUT2D eigenvalue weighted by Crippen LogP contribution is -2.00. The third kappa shape index (κ3) is 4.39. The molecule has 0 unspecified atom stereocenters. The van der Waals surface area contributed by atoms with Gasteiger partial charge in [-0.25, -0.2) is 4.39 Å². The van der Waals surface area contributed by atoms with Gasteiger partial charge in [-0.05, 0) is 36.8 Å². The first-order valence-corrected chi connectivity index (χ1v) is 7.23. The van der Waals surface area contributed by atoms with Crippen molar-refractivity contribution >= 4 is 23.2 Å². The molecule has 21 heavy (non-hydrogen) atoms. The van der Waals surface area contributed by atoms with Crippen molar-refractivity contribution < 1.29 is 9.13 Å². The normalized spacial score (nSPS) is 9.90. The van der Waals surface area contributed by atoms with E-state index in [9.17, 15) is 4.39 Å². The van der Waals surface area contributed by atoms with Gasteiger partial charge < -0.3 is 4.74 Å². The summed E-state index contributed by atoms with van der Waals surface area (Å²) >= 11 is 11.3. The van der Waals surface area contributed by atoms with Crippen molar-refractivity contribution in [3.63, 3.8) is 0 Å². The molecule has 0 spiro atoms. The molecule has 0 bridgehead atoms. The molecule has 2 aromatic carbocycles. The maximum absolute atomic E-state index is 13.7. The highest BCUT2D eigenvalue weighted by Gasteiger charge is 2.06. The number of benzene rings is 2. The van der Waals surface area contributed by atoms with Gasteiger partial charge in [-0.15, -0.1) is 11.6 Å². The Labute approximate surface area is 133 Å². The Kier molecular flexibility index (Phi) is 5.50. The van der Waals surface area contributed by atoms with E-state index in [2.05, 4.69) is 11.8 Å². The summed E-state index contributed by atoms with van der Waals surface area (Å²) in [5, 5.41) is 0.361. The van der Waals surface area contributed by atoms with E-state index in [-0.39, 0.29) is 18.3 Å². The van der Waals surface area contributed by atoms with E-state index in [1.54, 1.807) is 12.1 Å². The third-order valence-corrected chi connectivity index (χ3v) is 3.19. The molecule has 2 aromatic rings. The monoisotopic (exact) mass is 322 g/mol. The van der Waals surface area contributed by atoms with Crippen LogP contribution in [0.5, 0.6) is 5.75 Å². The van der Waals surface area contributed by atoms with Crippen LogP contribution in [0.3, 0.4) is 0 Å². The van der Waals surface area contributed by atoms with Crippen LogP contribution in [-0.2, 0) is 6.61 Å². The Morgan fingerprint density at radius 3 is 2.71 bits per heavy atom. The highest BCUT2D eigenvalue weighted by Crippen LogP contribution is 2.22. The van der Waals surface area contributed by atoms with Crippen molar-refractivity contribution in [3.8, 4) is 17.6 Å². The molecule has 0 fully saturated rings. The van der Waals surface area contributed by atoms with Gasteiger partial charge >= 0.3 is 0 Å². The van der Waals surface area contributed by atoms with Crippen LogP contribution in [0.4, 0.5) is 4.39 Å². The van der Waals surface area contributed by atoms with Crippen LogP contribution in [0, 0.1) is 24.6 Å². The van der Waals surface area contributed by atoms with Crippen molar-refractivity contribution in [2.24, 2.45) is 0 Å². The maximum atomic E-state index is 13.7. The molecular formula is C17H13Cl2FO. The average molecular weight is 323 g/mol. The minimum atomic E-state index is -0.386. The van der Waals surface area contributed by atoms with E-state index in [4.69, 9.17) is 27.9 Å². The maximum Gasteiger partial charge on any atom is 0.135 e. The van der Waals surface area contributed by atoms with E-state index in [1.807, 2.05) is 25.1 Å². The van der Waals surface area contributed by atoms with Crippen LogP contribution in [0.2, 0.25) is 5.02 Å². The first kappa shape index (κ1) is 15.7. The number of hydrogen-bond donors (Lipinski definition) is 0. The Balaban J connectivity index is 2.19. The molecule has 0 N–H and O–H groups in total. The smallest absolute Gasteiger partial charge is 0.135 e. The Morgan fingerprint density at radius 2 is 2.00 bits per heavy atom. The molecule has 0 heterocycles. The standard InChI is InChI=1S/C17H13Cl2FO/c1-12-4-7-17(13(9-12)3-2-8-18)21-11-14-5-6-15(19)10-16(14)20/h4-7,9-10H,8,11H2,1H3. The van der Waals surface area contributed by atoms with Crippen LogP contribution in [0.25, 0.3) is 0 Å². The van der Waals surface area contributed by atoms with Gasteiger partial charge in [-0.1, -0.05) is 35.6 Å². The first-order chi connectivity index (χ1) is 10.1. The van der Waals surface area contributed by atoms with Crippen molar-refractivity contribution in [1.29, 1.82) is 0 Å². The van der Waals surface area contributed by atoms with Crippen LogP contribution in [0.15, 0.2) is 36.4 Å². The molecular weight excluding hydrogens is 310 g/mol. The lowest BCUT2D eigenvalue weighted by Gasteiger charge is -2.10. The van der Waals surface area contributed by atoms with Crippen LogP contribution < -0.4 is 4.74 Å². The predicted molar refractivity (Wildman–Crippen MR) is 84.5 cm³/mol. The second-order valence-electron chi connectivity index (χ2n) is 4.46. The summed E-state index contributed by atoms with van der Waals surface area (Å²) < 4.78 is 19.4. The van der Waals surface area contributed by atoms with E-state index < -0.39 is 0 Å². The Morgan fingerprint density at radius 1 is 1.19 bits per heavy atom. The van der Waals surface area contributed by atoms with E-state index in [0.717, 1.165) is 11.1 Å². The Bertz CT molecular complexity index is 702. The SMILES string of the molecule is Cc1ccc(OCc2ccc(Cl)cc2F)c(C#CCCl)c1. The summed E-state index contributed by atoms with van der Waals surface area (Å²) in [5.41, 5.74) is 2.25. The Hall–Kier alpha value is -1.69. The number of aryl methyl sites for hydroxylation is 1. The average Bonchev–Trinajstić information content (AvgIpc) is 2.45. The largest absolute Gasteiger partial charge is 0.487 e. The molecule has 0 saturated carbocycles. The first-order valence-electron chi connectivity index (χ1n) is 6.32. The number of hydrogen-bond acceptors (Lipinski definition) is 1. The molecule has 0 radical (unpaired) electrons. The van der Waals surface area contributed by atoms with Gasteiger partial charge in [0.2, 0.25) is 0 Å². The van der Waals surface area contributed by atoms with E-state index in [1.165, 1.54) is 6.07 Å². The molecule has 0 saturated heterocycles. The number of halogens is 3. The molecule has 0 aliphatic carbocycles. The van der Waals surface area contributed by atoms with Crippen LogP contribution in [-0.4, -0.2) is 5.88 Å². The fourth-order valence-electron chi connectivity index (χ4n) is 1.79. The topological polar surface area (TPSA) is 9.23 Å². The predicted octanol–water partition coefficient (Wildman–Crippen LogP) is 4.96. The summed E-state index contributed by atoms with van der Waals surface area (Å²) in [6, 6.07) is 10.2. The van der Waals surface area contributed by atoms with Gasteiger partial charge in [0.25, 0.3) is 0 Å². The molecule has 1 nitrogen and oxygen atoms in total. The van der Waals surface area contributed by atoms with Crippen molar-refractivity contribution in [3.05, 3.63) is 63.9 Å². The summed E-state index contributed by atoms with van der Waals surface area (Å²) in [4.78, 5) is 0. The quantitative estimate of drug-likeness (QED) is 0.573. The fraction of sp³-hybridized carbons (Fsp3) is 0.176. The minimum absolute atomic E-state index is 0.113. The van der Waals surface area contributed by atoms with Crippen molar-refractivity contribution in [2.45, 2.75) is 13.5 Å². The lowest BCUT2D eigenvalue weighted by atomic mass is 10.1. The molecule has 0 aliphatic heterocycles. The zero-order chi connectivity index (χ0) is 15.2. The van der Waals surface area contributed by atoms with Crippen LogP contribution in [0.1, 0.15) is 16.7 Å². The van der Waals surface area contributed by atoms with E-state index >= 15 is 0 Å². The number of ether oxygens (including phenoxy) is 1. The highest BCUT2D eigenvalue weighted by molar-refractivity contribution is 6.30. The highest BCUT2D eigenvalue weighted by atomic mass is 35.5. The lowest BCUT2D eigenvalue weighted by molar-refractivity contribution is 0.299. The third-order valence-electron chi connectivity index (χ3n) is 2.82. The van der Waals surface area contributed by atoms with Gasteiger partial charge in [0.05, 0.1) is 11.4 Å². The number of alkyl halides is 1.